The summed E-state index contributed by atoms with van der Waals surface area (Å²) in [5.74, 6) is -0.866. The van der Waals surface area contributed by atoms with Gasteiger partial charge in [-0.2, -0.15) is 0 Å². The van der Waals surface area contributed by atoms with E-state index in [-0.39, 0.29) is 10.5 Å². The molecule has 0 aliphatic rings. The fourth-order valence-corrected chi connectivity index (χ4v) is 1.65. The Morgan fingerprint density at radius 3 is 2.00 bits per heavy atom. The van der Waals surface area contributed by atoms with Gasteiger partial charge in [0.1, 0.15) is 0 Å². The van der Waals surface area contributed by atoms with Crippen molar-refractivity contribution in [2.75, 3.05) is 6.26 Å². The largest absolute Gasteiger partial charge is 0.362 e. The van der Waals surface area contributed by atoms with E-state index in [9.17, 15) is 13.2 Å². The monoisotopic (exact) mass is 230 g/mol. The first-order valence-electron chi connectivity index (χ1n) is 4.03. The highest BCUT2D eigenvalue weighted by molar-refractivity contribution is 7.90. The molecule has 1 aromatic rings. The number of hydrogen-bond donors (Lipinski definition) is 2. The Morgan fingerprint density at radius 1 is 1.20 bits per heavy atom. The van der Waals surface area contributed by atoms with Crippen LogP contribution >= 0.6 is 0 Å². The van der Waals surface area contributed by atoms with Gasteiger partial charge < -0.3 is 10.2 Å². The number of carbonyl (C=O) groups is 1. The summed E-state index contributed by atoms with van der Waals surface area (Å²) in [6.07, 6.45) is -1.03. The summed E-state index contributed by atoms with van der Waals surface area (Å²) in [5.41, 5.74) is 0.0531. The highest BCUT2D eigenvalue weighted by Gasteiger charge is 2.14. The van der Waals surface area contributed by atoms with E-state index in [1.807, 2.05) is 0 Å². The van der Waals surface area contributed by atoms with Crippen LogP contribution in [0.3, 0.4) is 0 Å². The molecule has 0 bridgehead atoms. The molecule has 0 saturated carbocycles. The average Bonchev–Trinajstić information content (AvgIpc) is 2.15. The van der Waals surface area contributed by atoms with Crippen molar-refractivity contribution in [1.82, 2.24) is 0 Å². The van der Waals surface area contributed by atoms with Crippen LogP contribution in [0, 0.1) is 0 Å². The molecular weight excluding hydrogens is 220 g/mol. The lowest BCUT2D eigenvalue weighted by atomic mass is 10.1. The van der Waals surface area contributed by atoms with Crippen molar-refractivity contribution < 1.29 is 23.4 Å². The number of ketones is 1. The van der Waals surface area contributed by atoms with E-state index < -0.39 is 21.9 Å². The van der Waals surface area contributed by atoms with Gasteiger partial charge in [-0.1, -0.05) is 0 Å². The number of aliphatic hydroxyl groups excluding tert-OH is 1. The van der Waals surface area contributed by atoms with Crippen molar-refractivity contribution in [3.8, 4) is 0 Å². The maximum Gasteiger partial charge on any atom is 0.218 e. The van der Waals surface area contributed by atoms with Crippen LogP contribution in [0.15, 0.2) is 29.2 Å². The fraction of sp³-hybridized carbons (Fsp3) is 0.222. The molecule has 1 rings (SSSR count). The van der Waals surface area contributed by atoms with Gasteiger partial charge in [0.25, 0.3) is 0 Å². The summed E-state index contributed by atoms with van der Waals surface area (Å²) >= 11 is 0. The third-order valence-corrected chi connectivity index (χ3v) is 2.93. The number of hydrogen-bond acceptors (Lipinski definition) is 5. The lowest BCUT2D eigenvalue weighted by molar-refractivity contribution is -0.0195. The van der Waals surface area contributed by atoms with E-state index in [1.165, 1.54) is 24.3 Å². The second-order valence-corrected chi connectivity index (χ2v) is 5.05. The summed E-state index contributed by atoms with van der Waals surface area (Å²) in [5, 5.41) is 17.2. The van der Waals surface area contributed by atoms with Crippen LogP contribution < -0.4 is 0 Å². The van der Waals surface area contributed by atoms with Crippen LogP contribution in [0.4, 0.5) is 0 Å². The van der Waals surface area contributed by atoms with Crippen molar-refractivity contribution in [3.63, 3.8) is 0 Å². The predicted molar refractivity (Wildman–Crippen MR) is 52.1 cm³/mol. The standard InChI is InChI=1S/C9H10O5S/c1-15(13,14)7-4-2-6(3-5-7)8(10)9(11)12/h2-5,9,11-12H,1H3. The van der Waals surface area contributed by atoms with Gasteiger partial charge in [-0.25, -0.2) is 8.42 Å². The van der Waals surface area contributed by atoms with Crippen molar-refractivity contribution in [2.24, 2.45) is 0 Å². The van der Waals surface area contributed by atoms with Gasteiger partial charge >= 0.3 is 0 Å². The zero-order chi connectivity index (χ0) is 11.6. The van der Waals surface area contributed by atoms with Crippen molar-refractivity contribution in [1.29, 1.82) is 0 Å². The molecule has 0 radical (unpaired) electrons. The number of aliphatic hydroxyl groups is 2. The minimum atomic E-state index is -3.30. The van der Waals surface area contributed by atoms with E-state index in [4.69, 9.17) is 10.2 Å². The molecule has 2 N–H and O–H groups in total. The van der Waals surface area contributed by atoms with Crippen LogP contribution in [-0.4, -0.2) is 37.0 Å². The Bertz CT molecular complexity index is 458. The first kappa shape index (κ1) is 11.8. The lowest BCUT2D eigenvalue weighted by Crippen LogP contribution is -2.19. The van der Waals surface area contributed by atoms with E-state index in [0.29, 0.717) is 0 Å². The van der Waals surface area contributed by atoms with Crippen LogP contribution in [0.1, 0.15) is 10.4 Å². The molecule has 5 nitrogen and oxygen atoms in total. The van der Waals surface area contributed by atoms with Crippen LogP contribution in [0.5, 0.6) is 0 Å². The number of carbonyl (C=O) groups excluding carboxylic acids is 1. The third kappa shape index (κ3) is 2.85. The molecule has 15 heavy (non-hydrogen) atoms. The van der Waals surface area contributed by atoms with Crippen LogP contribution in [0.2, 0.25) is 0 Å². The zero-order valence-electron chi connectivity index (χ0n) is 7.91. The summed E-state index contributed by atoms with van der Waals surface area (Å²) in [4.78, 5) is 11.1. The van der Waals surface area contributed by atoms with Gasteiger partial charge in [0, 0.05) is 11.8 Å². The smallest absolute Gasteiger partial charge is 0.218 e. The van der Waals surface area contributed by atoms with E-state index in [1.54, 1.807) is 0 Å². The number of sulfone groups is 1. The molecule has 0 aromatic heterocycles. The Labute approximate surface area is 86.9 Å². The topological polar surface area (TPSA) is 91.7 Å². The summed E-state index contributed by atoms with van der Waals surface area (Å²) in [6.45, 7) is 0. The van der Waals surface area contributed by atoms with E-state index >= 15 is 0 Å². The van der Waals surface area contributed by atoms with E-state index in [2.05, 4.69) is 0 Å². The molecule has 1 aromatic carbocycles. The van der Waals surface area contributed by atoms with Gasteiger partial charge in [-0.15, -0.1) is 0 Å². The quantitative estimate of drug-likeness (QED) is 0.543. The minimum absolute atomic E-state index is 0.0531. The molecule has 0 spiro atoms. The maximum atomic E-state index is 11.1. The molecule has 6 heteroatoms. The molecule has 0 unspecified atom stereocenters. The Kier molecular flexibility index (Phi) is 3.23. The average molecular weight is 230 g/mol. The molecule has 0 aliphatic heterocycles. The van der Waals surface area contributed by atoms with Gasteiger partial charge in [0.2, 0.25) is 12.1 Å². The summed E-state index contributed by atoms with van der Waals surface area (Å²) in [6, 6.07) is 4.95. The van der Waals surface area contributed by atoms with Crippen molar-refractivity contribution >= 4 is 15.6 Å². The Balaban J connectivity index is 3.06. The Morgan fingerprint density at radius 2 is 1.67 bits per heavy atom. The SMILES string of the molecule is CS(=O)(=O)c1ccc(C(=O)C(O)O)cc1. The van der Waals surface area contributed by atoms with Crippen LogP contribution in [0.25, 0.3) is 0 Å². The molecule has 0 aliphatic carbocycles. The number of rotatable bonds is 3. The normalized spacial score (nSPS) is 11.7. The zero-order valence-corrected chi connectivity index (χ0v) is 8.73. The van der Waals surface area contributed by atoms with Gasteiger partial charge in [0.15, 0.2) is 9.84 Å². The Hall–Kier alpha value is -1.24. The molecule has 0 saturated heterocycles. The van der Waals surface area contributed by atoms with Gasteiger partial charge in [-0.05, 0) is 24.3 Å². The molecule has 0 atom stereocenters. The first-order valence-corrected chi connectivity index (χ1v) is 5.92. The molecule has 0 fully saturated rings. The first-order chi connectivity index (χ1) is 6.82. The van der Waals surface area contributed by atoms with E-state index in [0.717, 1.165) is 6.26 Å². The second-order valence-electron chi connectivity index (χ2n) is 3.03. The summed E-state index contributed by atoms with van der Waals surface area (Å²) < 4.78 is 22.1. The predicted octanol–water partition coefficient (Wildman–Crippen LogP) is -0.416. The molecule has 0 heterocycles. The number of benzene rings is 1. The third-order valence-electron chi connectivity index (χ3n) is 1.80. The second kappa shape index (κ2) is 4.09. The minimum Gasteiger partial charge on any atom is -0.362 e. The van der Waals surface area contributed by atoms with Gasteiger partial charge in [-0.3, -0.25) is 4.79 Å². The fourth-order valence-electron chi connectivity index (χ4n) is 1.02. The molecule has 82 valence electrons. The maximum absolute atomic E-state index is 11.1. The van der Waals surface area contributed by atoms with Crippen molar-refractivity contribution in [2.45, 2.75) is 11.2 Å². The highest BCUT2D eigenvalue weighted by atomic mass is 32.2. The molecule has 0 amide bonds. The summed E-state index contributed by atoms with van der Waals surface area (Å²) in [7, 11) is -3.30. The lowest BCUT2D eigenvalue weighted by Gasteiger charge is -2.03. The van der Waals surface area contributed by atoms with Crippen LogP contribution in [-0.2, 0) is 9.84 Å². The molecular formula is C9H10O5S. The number of Topliss-reactive ketones (excluding diaryl/α,β-unsaturated/α-hetero) is 1. The highest BCUT2D eigenvalue weighted by Crippen LogP contribution is 2.11. The van der Waals surface area contributed by atoms with Crippen molar-refractivity contribution in [3.05, 3.63) is 29.8 Å². The van der Waals surface area contributed by atoms with Gasteiger partial charge in [0.05, 0.1) is 4.90 Å².